The first-order valence-corrected chi connectivity index (χ1v) is 17.2. The second-order valence-electron chi connectivity index (χ2n) is 11.9. The third kappa shape index (κ3) is 8.26. The molecule has 1 aliphatic carbocycles. The molecule has 1 saturated heterocycles. The zero-order valence-corrected chi connectivity index (χ0v) is 24.2. The third-order valence-corrected chi connectivity index (χ3v) is 12.6. The van der Waals surface area contributed by atoms with Crippen molar-refractivity contribution in [3.8, 4) is 16.9 Å². The summed E-state index contributed by atoms with van der Waals surface area (Å²) < 4.78 is 98.9. The van der Waals surface area contributed by atoms with Crippen LogP contribution in [0.25, 0.3) is 11.1 Å². The first-order chi connectivity index (χ1) is 19.0. The van der Waals surface area contributed by atoms with Gasteiger partial charge in [0.25, 0.3) is 0 Å². The standard InChI is InChI=1S/C31H39F7OSi/c1-2-3-4-13-40-14-11-21(12-15-40)6-5-20-7-9-22(10-8-20)23-16-25(32)29(26(33)17-23)24-18-27(34)30(28(35)19-24)39-31(36,37)38/h16-22,40H,2-15H2,1H3/t20?,21-,22?,40-. The lowest BCUT2D eigenvalue weighted by molar-refractivity contribution is -0.276. The van der Waals surface area contributed by atoms with E-state index in [-0.39, 0.29) is 5.92 Å². The van der Waals surface area contributed by atoms with Crippen LogP contribution in [0.5, 0.6) is 5.75 Å². The predicted octanol–water partition coefficient (Wildman–Crippen LogP) is 10.7. The molecule has 2 aromatic rings. The molecule has 1 heterocycles. The minimum Gasteiger partial charge on any atom is -0.399 e. The van der Waals surface area contributed by atoms with E-state index in [4.69, 9.17) is 0 Å². The van der Waals surface area contributed by atoms with E-state index in [1.807, 2.05) is 0 Å². The first-order valence-electron chi connectivity index (χ1n) is 14.8. The van der Waals surface area contributed by atoms with E-state index in [0.717, 1.165) is 31.6 Å². The van der Waals surface area contributed by atoms with Crippen molar-refractivity contribution in [1.82, 2.24) is 0 Å². The minimum atomic E-state index is -5.31. The maximum atomic E-state index is 15.0. The van der Waals surface area contributed by atoms with E-state index in [9.17, 15) is 22.0 Å². The molecule has 2 aliphatic rings. The molecule has 9 heteroatoms. The van der Waals surface area contributed by atoms with Gasteiger partial charge in [0.15, 0.2) is 11.6 Å². The Morgan fingerprint density at radius 2 is 1.30 bits per heavy atom. The van der Waals surface area contributed by atoms with Crippen molar-refractivity contribution in [2.75, 3.05) is 0 Å². The Bertz CT molecular complexity index is 1070. The lowest BCUT2D eigenvalue weighted by Gasteiger charge is -2.32. The molecule has 0 radical (unpaired) electrons. The molecule has 2 aromatic carbocycles. The van der Waals surface area contributed by atoms with E-state index in [0.29, 0.717) is 23.6 Å². The molecular formula is C31H39F7OSi. The number of ether oxygens (including phenoxy) is 1. The molecule has 0 atom stereocenters. The monoisotopic (exact) mass is 588 g/mol. The second kappa shape index (κ2) is 13.8. The molecule has 0 amide bonds. The van der Waals surface area contributed by atoms with Crippen LogP contribution in [0.1, 0.15) is 89.0 Å². The van der Waals surface area contributed by atoms with Crippen LogP contribution < -0.4 is 4.74 Å². The number of alkyl halides is 3. The van der Waals surface area contributed by atoms with Crippen molar-refractivity contribution in [3.63, 3.8) is 0 Å². The van der Waals surface area contributed by atoms with Crippen LogP contribution in [-0.2, 0) is 0 Å². The fraction of sp³-hybridized carbons (Fsp3) is 0.613. The van der Waals surface area contributed by atoms with Gasteiger partial charge in [0.1, 0.15) is 11.6 Å². The number of benzene rings is 2. The minimum absolute atomic E-state index is 0.00473. The van der Waals surface area contributed by atoms with Crippen LogP contribution >= 0.6 is 0 Å². The quantitative estimate of drug-likeness (QED) is 0.152. The summed E-state index contributed by atoms with van der Waals surface area (Å²) in [5.41, 5.74) is -0.717. The Kier molecular flexibility index (Phi) is 10.6. The second-order valence-corrected chi connectivity index (χ2v) is 15.3. The van der Waals surface area contributed by atoms with Crippen LogP contribution in [0.15, 0.2) is 24.3 Å². The Morgan fingerprint density at radius 3 is 1.82 bits per heavy atom. The Morgan fingerprint density at radius 1 is 0.750 bits per heavy atom. The van der Waals surface area contributed by atoms with Crippen LogP contribution in [0, 0.1) is 35.1 Å². The van der Waals surface area contributed by atoms with Crippen LogP contribution in [0.4, 0.5) is 30.7 Å². The van der Waals surface area contributed by atoms with Gasteiger partial charge in [-0.05, 0) is 78.8 Å². The SMILES string of the molecule is CCCCC[Si@H]1CC[C@H](CCC2CCC(c3cc(F)c(-c4cc(F)c(OC(F)(F)F)c(F)c4)c(F)c3)CC2)CC1. The zero-order chi connectivity index (χ0) is 28.9. The number of hydrogen-bond donors (Lipinski definition) is 0. The van der Waals surface area contributed by atoms with Gasteiger partial charge in [0.2, 0.25) is 5.75 Å². The number of halogens is 7. The Labute approximate surface area is 234 Å². The molecule has 222 valence electrons. The van der Waals surface area contributed by atoms with Gasteiger partial charge in [0, 0.05) is 8.80 Å². The highest BCUT2D eigenvalue weighted by molar-refractivity contribution is 6.58. The van der Waals surface area contributed by atoms with E-state index >= 15 is 8.78 Å². The van der Waals surface area contributed by atoms with Crippen LogP contribution in [-0.4, -0.2) is 15.2 Å². The van der Waals surface area contributed by atoms with Crippen molar-refractivity contribution in [2.24, 2.45) is 11.8 Å². The van der Waals surface area contributed by atoms with E-state index in [1.54, 1.807) is 0 Å². The third-order valence-electron chi connectivity index (χ3n) is 9.05. The average Bonchev–Trinajstić information content (AvgIpc) is 2.90. The molecule has 1 saturated carbocycles. The highest BCUT2D eigenvalue weighted by Crippen LogP contribution is 2.42. The smallest absolute Gasteiger partial charge is 0.399 e. The number of rotatable bonds is 10. The van der Waals surface area contributed by atoms with E-state index in [2.05, 4.69) is 11.7 Å². The summed E-state index contributed by atoms with van der Waals surface area (Å²) in [6.07, 6.45) is 7.74. The van der Waals surface area contributed by atoms with Crippen molar-refractivity contribution in [3.05, 3.63) is 53.1 Å². The molecule has 2 fully saturated rings. The molecule has 0 aromatic heterocycles. The molecule has 0 bridgehead atoms. The molecular weight excluding hydrogens is 549 g/mol. The lowest BCUT2D eigenvalue weighted by Crippen LogP contribution is -2.22. The van der Waals surface area contributed by atoms with Crippen molar-refractivity contribution < 1.29 is 35.5 Å². The zero-order valence-electron chi connectivity index (χ0n) is 23.1. The molecule has 0 unspecified atom stereocenters. The summed E-state index contributed by atoms with van der Waals surface area (Å²) in [6.45, 7) is 2.26. The maximum absolute atomic E-state index is 15.0. The lowest BCUT2D eigenvalue weighted by atomic mass is 9.76. The van der Waals surface area contributed by atoms with Gasteiger partial charge in [0.05, 0.1) is 5.56 Å². The molecule has 0 N–H and O–H groups in total. The topological polar surface area (TPSA) is 9.23 Å². The molecule has 1 aliphatic heterocycles. The normalized spacial score (nSPS) is 23.8. The Balaban J connectivity index is 1.30. The average molecular weight is 589 g/mol. The summed E-state index contributed by atoms with van der Waals surface area (Å²) in [6, 6.07) is 7.77. The van der Waals surface area contributed by atoms with Crippen molar-refractivity contribution in [1.29, 1.82) is 0 Å². The largest absolute Gasteiger partial charge is 0.573 e. The summed E-state index contributed by atoms with van der Waals surface area (Å²) in [5, 5.41) is 0. The van der Waals surface area contributed by atoms with E-state index < -0.39 is 55.3 Å². The summed E-state index contributed by atoms with van der Waals surface area (Å²) in [5.74, 6) is -5.59. The molecule has 40 heavy (non-hydrogen) atoms. The van der Waals surface area contributed by atoms with Gasteiger partial charge < -0.3 is 4.74 Å². The Hall–Kier alpha value is -2.03. The summed E-state index contributed by atoms with van der Waals surface area (Å²) in [7, 11) is -0.491. The fourth-order valence-corrected chi connectivity index (χ4v) is 10.4. The number of unbranched alkanes of at least 4 members (excludes halogenated alkanes) is 2. The highest BCUT2D eigenvalue weighted by atomic mass is 28.3. The molecule has 0 spiro atoms. The van der Waals surface area contributed by atoms with Crippen LogP contribution in [0.3, 0.4) is 0 Å². The van der Waals surface area contributed by atoms with Crippen LogP contribution in [0.2, 0.25) is 18.1 Å². The first kappa shape index (κ1) is 30.9. The van der Waals surface area contributed by atoms with Crippen molar-refractivity contribution in [2.45, 2.75) is 108 Å². The molecule has 4 rings (SSSR count). The molecule has 1 nitrogen and oxygen atoms in total. The van der Waals surface area contributed by atoms with Gasteiger partial charge in [-0.3, -0.25) is 0 Å². The van der Waals surface area contributed by atoms with Gasteiger partial charge in [-0.1, -0.05) is 70.0 Å². The van der Waals surface area contributed by atoms with Gasteiger partial charge in [-0.15, -0.1) is 13.2 Å². The predicted molar refractivity (Wildman–Crippen MR) is 146 cm³/mol. The number of hydrogen-bond acceptors (Lipinski definition) is 1. The van der Waals surface area contributed by atoms with Gasteiger partial charge in [-0.2, -0.15) is 0 Å². The highest BCUT2D eigenvalue weighted by Gasteiger charge is 2.34. The summed E-state index contributed by atoms with van der Waals surface area (Å²) >= 11 is 0. The maximum Gasteiger partial charge on any atom is 0.573 e. The summed E-state index contributed by atoms with van der Waals surface area (Å²) in [4.78, 5) is 0. The van der Waals surface area contributed by atoms with E-state index in [1.165, 1.54) is 75.2 Å². The van der Waals surface area contributed by atoms with Gasteiger partial charge >= 0.3 is 6.36 Å². The van der Waals surface area contributed by atoms with Gasteiger partial charge in [-0.25, -0.2) is 17.6 Å². The fourth-order valence-electron chi connectivity index (χ4n) is 6.77. The van der Waals surface area contributed by atoms with Crippen molar-refractivity contribution >= 4 is 8.80 Å².